The highest BCUT2D eigenvalue weighted by Gasteiger charge is 2.36. The van der Waals surface area contributed by atoms with Gasteiger partial charge in [0.25, 0.3) is 0 Å². The van der Waals surface area contributed by atoms with E-state index in [1.54, 1.807) is 59.0 Å². The molecule has 3 unspecified atom stereocenters. The number of nitrogens with two attached hydrogens (primary N) is 1. The van der Waals surface area contributed by atoms with Gasteiger partial charge in [-0.3, -0.25) is 19.2 Å². The van der Waals surface area contributed by atoms with Crippen LogP contribution >= 0.6 is 0 Å². The van der Waals surface area contributed by atoms with Crippen molar-refractivity contribution in [2.24, 2.45) is 5.73 Å². The molecule has 0 radical (unpaired) electrons. The van der Waals surface area contributed by atoms with Crippen LogP contribution in [0.15, 0.2) is 24.3 Å². The molecule has 47 heavy (non-hydrogen) atoms. The number of urea groups is 2. The molecular formula is C31H49N9O7. The van der Waals surface area contributed by atoms with Crippen molar-refractivity contribution in [2.45, 2.75) is 83.6 Å². The van der Waals surface area contributed by atoms with Crippen LogP contribution in [0.5, 0.6) is 0 Å². The third-order valence-corrected chi connectivity index (χ3v) is 8.04. The van der Waals surface area contributed by atoms with Crippen molar-refractivity contribution in [3.8, 4) is 0 Å². The molecule has 0 spiro atoms. The molecule has 260 valence electrons. The third kappa shape index (κ3) is 11.9. The number of nitrogens with one attached hydrogen (secondary N) is 5. The van der Waals surface area contributed by atoms with E-state index in [0.29, 0.717) is 49.9 Å². The van der Waals surface area contributed by atoms with Gasteiger partial charge in [0.05, 0.1) is 6.04 Å². The lowest BCUT2D eigenvalue weighted by atomic mass is 10.1. The second-order valence-corrected chi connectivity index (χ2v) is 11.5. The molecular weight excluding hydrogens is 610 g/mol. The summed E-state index contributed by atoms with van der Waals surface area (Å²) < 4.78 is 0. The molecule has 7 N–H and O–H groups in total. The van der Waals surface area contributed by atoms with E-state index in [1.807, 2.05) is 0 Å². The molecule has 5 atom stereocenters. The van der Waals surface area contributed by atoms with Gasteiger partial charge >= 0.3 is 12.1 Å². The summed E-state index contributed by atoms with van der Waals surface area (Å²) in [5.74, 6) is -1.09. The number of benzene rings is 1. The fourth-order valence-electron chi connectivity index (χ4n) is 5.17. The summed E-state index contributed by atoms with van der Waals surface area (Å²) in [4.78, 5) is 89.7. The SMILES string of the molecule is CCC(=O)N[C@H](C=O)CN(CC)C(=O)Nc1ccc(NC(=O)N(CC[C@H]2CCC(C(N)=O)N2C=O)CC(C)NC(=O)C(C)NC)cc1. The van der Waals surface area contributed by atoms with Crippen molar-refractivity contribution in [2.75, 3.05) is 43.9 Å². The van der Waals surface area contributed by atoms with Crippen molar-refractivity contribution in [1.29, 1.82) is 0 Å². The Hall–Kier alpha value is -4.73. The van der Waals surface area contributed by atoms with E-state index >= 15 is 0 Å². The molecule has 1 heterocycles. The van der Waals surface area contributed by atoms with E-state index in [2.05, 4.69) is 26.6 Å². The van der Waals surface area contributed by atoms with Crippen LogP contribution < -0.4 is 32.3 Å². The van der Waals surface area contributed by atoms with Crippen LogP contribution in [0.1, 0.15) is 53.4 Å². The molecule has 1 fully saturated rings. The van der Waals surface area contributed by atoms with E-state index in [-0.39, 0.29) is 43.9 Å². The Labute approximate surface area is 275 Å². The second-order valence-electron chi connectivity index (χ2n) is 11.5. The molecule has 8 amide bonds. The number of primary amides is 1. The molecule has 1 aromatic carbocycles. The van der Waals surface area contributed by atoms with Crippen LogP contribution in [0.25, 0.3) is 0 Å². The summed E-state index contributed by atoms with van der Waals surface area (Å²) in [7, 11) is 1.67. The van der Waals surface area contributed by atoms with Crippen LogP contribution in [0, 0.1) is 0 Å². The van der Waals surface area contributed by atoms with Crippen molar-refractivity contribution in [3.05, 3.63) is 24.3 Å². The summed E-state index contributed by atoms with van der Waals surface area (Å²) in [6.07, 6.45) is 2.84. The van der Waals surface area contributed by atoms with Gasteiger partial charge in [-0.1, -0.05) is 6.92 Å². The Balaban J connectivity index is 2.09. The molecule has 16 nitrogen and oxygen atoms in total. The van der Waals surface area contributed by atoms with Crippen molar-refractivity contribution in [3.63, 3.8) is 0 Å². The smallest absolute Gasteiger partial charge is 0.321 e. The molecule has 0 aliphatic carbocycles. The lowest BCUT2D eigenvalue weighted by Gasteiger charge is -2.30. The second kappa shape index (κ2) is 19.1. The number of hydrogen-bond donors (Lipinski definition) is 6. The van der Waals surface area contributed by atoms with Gasteiger partial charge in [-0.15, -0.1) is 0 Å². The summed E-state index contributed by atoms with van der Waals surface area (Å²) in [5.41, 5.74) is 6.34. The van der Waals surface area contributed by atoms with Crippen LogP contribution in [0.4, 0.5) is 21.0 Å². The van der Waals surface area contributed by atoms with E-state index in [9.17, 15) is 33.6 Å². The van der Waals surface area contributed by atoms with E-state index in [0.717, 1.165) is 0 Å². The zero-order chi connectivity index (χ0) is 35.1. The minimum absolute atomic E-state index is 0.00292. The van der Waals surface area contributed by atoms with Gasteiger partial charge in [-0.2, -0.15) is 0 Å². The lowest BCUT2D eigenvalue weighted by molar-refractivity contribution is -0.130. The molecule has 1 aliphatic rings. The van der Waals surface area contributed by atoms with Gasteiger partial charge in [-0.05, 0) is 71.3 Å². The zero-order valence-electron chi connectivity index (χ0n) is 27.8. The fraction of sp³-hybridized carbons (Fsp3) is 0.581. The van der Waals surface area contributed by atoms with Crippen LogP contribution in [-0.2, 0) is 24.0 Å². The molecule has 1 aromatic rings. The molecule has 0 aromatic heterocycles. The first-order chi connectivity index (χ1) is 22.4. The van der Waals surface area contributed by atoms with Gasteiger partial charge in [-0.25, -0.2) is 9.59 Å². The van der Waals surface area contributed by atoms with E-state index < -0.39 is 42.1 Å². The quantitative estimate of drug-likeness (QED) is 0.121. The number of nitrogens with zero attached hydrogens (tertiary/aromatic N) is 3. The molecule has 16 heteroatoms. The highest BCUT2D eigenvalue weighted by molar-refractivity contribution is 5.92. The van der Waals surface area contributed by atoms with Crippen LogP contribution in [0.3, 0.4) is 0 Å². The topological polar surface area (TPSA) is 215 Å². The first-order valence-electron chi connectivity index (χ1n) is 15.8. The molecule has 2 rings (SSSR count). The molecule has 0 saturated carbocycles. The Morgan fingerprint density at radius 1 is 0.936 bits per heavy atom. The predicted molar refractivity (Wildman–Crippen MR) is 176 cm³/mol. The van der Waals surface area contributed by atoms with Crippen LogP contribution in [0.2, 0.25) is 0 Å². The Morgan fingerprint density at radius 3 is 2.02 bits per heavy atom. The van der Waals surface area contributed by atoms with Gasteiger partial charge in [0.15, 0.2) is 0 Å². The normalized spacial score (nSPS) is 17.4. The Bertz CT molecular complexity index is 1250. The maximum atomic E-state index is 13.5. The maximum Gasteiger partial charge on any atom is 0.321 e. The summed E-state index contributed by atoms with van der Waals surface area (Å²) >= 11 is 0. The largest absolute Gasteiger partial charge is 0.368 e. The Morgan fingerprint density at radius 2 is 1.53 bits per heavy atom. The number of carbonyl (C=O) groups is 7. The number of rotatable bonds is 18. The lowest BCUT2D eigenvalue weighted by Crippen LogP contribution is -2.50. The highest BCUT2D eigenvalue weighted by Crippen LogP contribution is 2.25. The highest BCUT2D eigenvalue weighted by atomic mass is 16.2. The van der Waals surface area contributed by atoms with E-state index in [4.69, 9.17) is 5.73 Å². The average molecular weight is 660 g/mol. The number of amides is 8. The third-order valence-electron chi connectivity index (χ3n) is 8.04. The number of carbonyl (C=O) groups excluding carboxylic acids is 7. The number of aldehydes is 1. The van der Waals surface area contributed by atoms with Gasteiger partial charge in [0, 0.05) is 56.1 Å². The van der Waals surface area contributed by atoms with Gasteiger partial charge in [0.1, 0.15) is 18.4 Å². The summed E-state index contributed by atoms with van der Waals surface area (Å²) in [6.45, 7) is 7.61. The van der Waals surface area contributed by atoms with Crippen molar-refractivity contribution < 1.29 is 33.6 Å². The Kier molecular flexibility index (Phi) is 15.6. The minimum Gasteiger partial charge on any atom is -0.368 e. The minimum atomic E-state index is -0.837. The van der Waals surface area contributed by atoms with Crippen LogP contribution in [-0.4, -0.2) is 121 Å². The van der Waals surface area contributed by atoms with Crippen molar-refractivity contribution >= 4 is 53.9 Å². The summed E-state index contributed by atoms with van der Waals surface area (Å²) in [5, 5.41) is 13.9. The standard InChI is InChI=1S/C31H49N9O7/c1-6-27(43)35-24(18-41)17-38(7-2)30(46)36-22-8-10-23(11-9-22)37-31(47)39(16-20(3)34-29(45)21(4)33-5)15-14-25-12-13-26(28(32)44)40(25)19-42/h8-11,18-21,24-26,33H,6-7,12-17H2,1-5H3,(H2,32,44)(H,34,45)(H,35,43)(H,36,46)(H,37,47)/t20?,21?,24-,25+,26?/m0/s1. The number of likely N-dealkylation sites (N-methyl/N-ethyl adjacent to an activating group) is 2. The van der Waals surface area contributed by atoms with E-state index in [1.165, 1.54) is 14.7 Å². The predicted octanol–water partition coefficient (Wildman–Crippen LogP) is 0.445. The summed E-state index contributed by atoms with van der Waals surface area (Å²) in [6, 6.07) is 2.90. The monoisotopic (exact) mass is 659 g/mol. The first-order valence-corrected chi connectivity index (χ1v) is 15.8. The number of hydrogen-bond acceptors (Lipinski definition) is 8. The zero-order valence-corrected chi connectivity index (χ0v) is 27.8. The number of likely N-dealkylation sites (tertiary alicyclic amines) is 1. The molecule has 0 bridgehead atoms. The average Bonchev–Trinajstić information content (AvgIpc) is 3.48. The van der Waals surface area contributed by atoms with Gasteiger partial charge in [0.2, 0.25) is 24.1 Å². The maximum absolute atomic E-state index is 13.5. The number of anilines is 2. The van der Waals surface area contributed by atoms with Gasteiger partial charge < -0.3 is 51.8 Å². The molecule has 1 aliphatic heterocycles. The van der Waals surface area contributed by atoms with Crippen molar-refractivity contribution in [1.82, 2.24) is 30.7 Å². The fourth-order valence-corrected chi connectivity index (χ4v) is 5.17. The first kappa shape index (κ1) is 38.5. The molecule has 1 saturated heterocycles.